The minimum atomic E-state index is -0.256. The SMILES string of the molecule is COCCCOCCOC(=O)Cc1sc(=S)[nH]c1C. The van der Waals surface area contributed by atoms with Crippen LogP contribution in [-0.4, -0.2) is 44.5 Å². The number of H-pyrrole nitrogens is 1. The highest BCUT2D eigenvalue weighted by Gasteiger charge is 2.09. The zero-order valence-electron chi connectivity index (χ0n) is 11.2. The van der Waals surface area contributed by atoms with E-state index in [2.05, 4.69) is 4.98 Å². The number of rotatable bonds is 9. The van der Waals surface area contributed by atoms with E-state index in [-0.39, 0.29) is 19.0 Å². The monoisotopic (exact) mass is 305 g/mol. The molecule has 0 saturated carbocycles. The summed E-state index contributed by atoms with van der Waals surface area (Å²) in [6.45, 7) is 3.88. The van der Waals surface area contributed by atoms with Crippen molar-refractivity contribution in [3.05, 3.63) is 14.5 Å². The molecule has 0 aromatic carbocycles. The summed E-state index contributed by atoms with van der Waals surface area (Å²) < 4.78 is 15.9. The molecule has 0 saturated heterocycles. The molecule has 1 N–H and O–H groups in total. The fraction of sp³-hybridized carbons (Fsp3) is 0.667. The lowest BCUT2D eigenvalue weighted by molar-refractivity contribution is -0.144. The molecule has 0 amide bonds. The Hall–Kier alpha value is -0.760. The van der Waals surface area contributed by atoms with Crippen LogP contribution in [0.25, 0.3) is 0 Å². The van der Waals surface area contributed by atoms with Gasteiger partial charge in [-0.3, -0.25) is 4.79 Å². The van der Waals surface area contributed by atoms with Crippen molar-refractivity contribution in [2.75, 3.05) is 33.5 Å². The van der Waals surface area contributed by atoms with Gasteiger partial charge < -0.3 is 19.2 Å². The Morgan fingerprint density at radius 2 is 2.11 bits per heavy atom. The van der Waals surface area contributed by atoms with Gasteiger partial charge in [-0.15, -0.1) is 11.3 Å². The number of aryl methyl sites for hydroxylation is 1. The van der Waals surface area contributed by atoms with Crippen molar-refractivity contribution in [1.82, 2.24) is 4.98 Å². The lowest BCUT2D eigenvalue weighted by Gasteiger charge is -2.05. The molecule has 0 atom stereocenters. The number of carbonyl (C=O) groups is 1. The van der Waals surface area contributed by atoms with Crippen molar-refractivity contribution in [1.29, 1.82) is 0 Å². The highest BCUT2D eigenvalue weighted by Crippen LogP contribution is 2.15. The van der Waals surface area contributed by atoms with Crippen LogP contribution in [0.5, 0.6) is 0 Å². The summed E-state index contributed by atoms with van der Waals surface area (Å²) in [5.41, 5.74) is 0.933. The van der Waals surface area contributed by atoms with E-state index < -0.39 is 0 Å². The molecule has 0 fully saturated rings. The Kier molecular flexibility index (Phi) is 7.88. The Morgan fingerprint density at radius 1 is 1.32 bits per heavy atom. The molecule has 1 aromatic rings. The van der Waals surface area contributed by atoms with Crippen LogP contribution in [0.15, 0.2) is 0 Å². The second-order valence-electron chi connectivity index (χ2n) is 3.92. The lowest BCUT2D eigenvalue weighted by atomic mass is 10.3. The molecule has 0 aliphatic rings. The van der Waals surface area contributed by atoms with E-state index in [0.717, 1.165) is 17.0 Å². The standard InChI is InChI=1S/C12H19NO4S2/c1-9-10(19-12(18)13-9)8-11(14)17-7-6-16-5-3-4-15-2/h3-8H2,1-2H3,(H,13,18). The first-order chi connectivity index (χ1) is 9.13. The molecule has 0 radical (unpaired) electrons. The van der Waals surface area contributed by atoms with Gasteiger partial charge in [-0.1, -0.05) is 0 Å². The van der Waals surface area contributed by atoms with Gasteiger partial charge in [0, 0.05) is 30.9 Å². The number of hydrogen-bond donors (Lipinski definition) is 1. The van der Waals surface area contributed by atoms with E-state index in [4.69, 9.17) is 26.4 Å². The normalized spacial score (nSPS) is 10.6. The minimum Gasteiger partial charge on any atom is -0.463 e. The summed E-state index contributed by atoms with van der Waals surface area (Å²) in [7, 11) is 1.65. The third-order valence-electron chi connectivity index (χ3n) is 2.36. The van der Waals surface area contributed by atoms with Gasteiger partial charge in [0.1, 0.15) is 6.61 Å². The van der Waals surface area contributed by atoms with Gasteiger partial charge in [0.2, 0.25) is 0 Å². The first-order valence-corrected chi connectivity index (χ1v) is 7.27. The third kappa shape index (κ3) is 6.81. The van der Waals surface area contributed by atoms with E-state index in [1.165, 1.54) is 11.3 Å². The van der Waals surface area contributed by atoms with E-state index in [1.54, 1.807) is 7.11 Å². The molecule has 5 nitrogen and oxygen atoms in total. The van der Waals surface area contributed by atoms with Crippen LogP contribution < -0.4 is 0 Å². The zero-order valence-corrected chi connectivity index (χ0v) is 12.8. The molecule has 0 aliphatic heterocycles. The molecule has 0 unspecified atom stereocenters. The molecular formula is C12H19NO4S2. The van der Waals surface area contributed by atoms with E-state index >= 15 is 0 Å². The van der Waals surface area contributed by atoms with Crippen molar-refractivity contribution >= 4 is 29.5 Å². The summed E-state index contributed by atoms with van der Waals surface area (Å²) in [6.07, 6.45) is 1.10. The lowest BCUT2D eigenvalue weighted by Crippen LogP contribution is -2.13. The first kappa shape index (κ1) is 16.3. The molecule has 0 aliphatic carbocycles. The van der Waals surface area contributed by atoms with Gasteiger partial charge in [0.15, 0.2) is 3.95 Å². The molecule has 1 aromatic heterocycles. The molecule has 0 bridgehead atoms. The van der Waals surface area contributed by atoms with Crippen LogP contribution in [-0.2, 0) is 25.4 Å². The number of nitrogens with one attached hydrogen (secondary N) is 1. The maximum atomic E-state index is 11.6. The zero-order chi connectivity index (χ0) is 14.1. The van der Waals surface area contributed by atoms with Gasteiger partial charge in [-0.05, 0) is 25.6 Å². The summed E-state index contributed by atoms with van der Waals surface area (Å²) in [6, 6.07) is 0. The number of hydrogen-bond acceptors (Lipinski definition) is 6. The number of methoxy groups -OCH3 is 1. The van der Waals surface area contributed by atoms with E-state index in [9.17, 15) is 4.79 Å². The molecule has 0 spiro atoms. The van der Waals surface area contributed by atoms with Crippen LogP contribution >= 0.6 is 23.6 Å². The average Bonchev–Trinajstić information content (AvgIpc) is 2.66. The van der Waals surface area contributed by atoms with Crippen molar-refractivity contribution in [2.24, 2.45) is 0 Å². The number of carbonyl (C=O) groups excluding carboxylic acids is 1. The van der Waals surface area contributed by atoms with Crippen molar-refractivity contribution in [2.45, 2.75) is 19.8 Å². The molecule has 7 heteroatoms. The van der Waals surface area contributed by atoms with Gasteiger partial charge >= 0.3 is 5.97 Å². The summed E-state index contributed by atoms with van der Waals surface area (Å²) in [5.74, 6) is -0.256. The van der Waals surface area contributed by atoms with Crippen molar-refractivity contribution < 1.29 is 19.0 Å². The second-order valence-corrected chi connectivity index (χ2v) is 5.69. The van der Waals surface area contributed by atoms with Crippen LogP contribution in [0.3, 0.4) is 0 Å². The first-order valence-electron chi connectivity index (χ1n) is 6.04. The number of aromatic nitrogens is 1. The molecule has 108 valence electrons. The minimum absolute atomic E-state index is 0.256. The van der Waals surface area contributed by atoms with Gasteiger partial charge in [-0.2, -0.15) is 0 Å². The van der Waals surface area contributed by atoms with Crippen LogP contribution in [0, 0.1) is 10.9 Å². The van der Waals surface area contributed by atoms with Crippen molar-refractivity contribution in [3.8, 4) is 0 Å². The smallest absolute Gasteiger partial charge is 0.311 e. The summed E-state index contributed by atoms with van der Waals surface area (Å²) in [4.78, 5) is 15.5. The Labute approximate surface area is 121 Å². The van der Waals surface area contributed by atoms with E-state index in [1.807, 2.05) is 6.92 Å². The average molecular weight is 305 g/mol. The highest BCUT2D eigenvalue weighted by molar-refractivity contribution is 7.73. The Bertz CT molecular complexity index is 441. The van der Waals surface area contributed by atoms with Crippen LogP contribution in [0.1, 0.15) is 17.0 Å². The maximum absolute atomic E-state index is 11.6. The predicted molar refractivity (Wildman–Crippen MR) is 76.2 cm³/mol. The van der Waals surface area contributed by atoms with Gasteiger partial charge in [0.05, 0.1) is 13.0 Å². The highest BCUT2D eigenvalue weighted by atomic mass is 32.1. The van der Waals surface area contributed by atoms with Gasteiger partial charge in [-0.25, -0.2) is 0 Å². The van der Waals surface area contributed by atoms with E-state index in [0.29, 0.717) is 23.8 Å². The summed E-state index contributed by atoms with van der Waals surface area (Å²) in [5, 5.41) is 0. The molecule has 1 rings (SSSR count). The number of aromatic amines is 1. The van der Waals surface area contributed by atoms with Crippen LogP contribution in [0.2, 0.25) is 0 Å². The number of ether oxygens (including phenoxy) is 3. The second kappa shape index (κ2) is 9.19. The maximum Gasteiger partial charge on any atom is 0.311 e. The number of esters is 1. The topological polar surface area (TPSA) is 60.6 Å². The third-order valence-corrected chi connectivity index (χ3v) is 3.69. The fourth-order valence-corrected chi connectivity index (χ4v) is 2.69. The largest absolute Gasteiger partial charge is 0.463 e. The fourth-order valence-electron chi connectivity index (χ4n) is 1.41. The Balaban J connectivity index is 2.11. The molecule has 1 heterocycles. The quantitative estimate of drug-likeness (QED) is 0.431. The van der Waals surface area contributed by atoms with Crippen LogP contribution in [0.4, 0.5) is 0 Å². The summed E-state index contributed by atoms with van der Waals surface area (Å²) >= 11 is 6.42. The predicted octanol–water partition coefficient (Wildman–Crippen LogP) is 2.25. The number of thiazole rings is 1. The Morgan fingerprint density at radius 3 is 2.74 bits per heavy atom. The van der Waals surface area contributed by atoms with Crippen molar-refractivity contribution in [3.63, 3.8) is 0 Å². The molecule has 19 heavy (non-hydrogen) atoms. The van der Waals surface area contributed by atoms with Gasteiger partial charge in [0.25, 0.3) is 0 Å². The molecular weight excluding hydrogens is 286 g/mol.